The van der Waals surface area contributed by atoms with Gasteiger partial charge in [-0.2, -0.15) is 0 Å². The fourth-order valence-corrected chi connectivity index (χ4v) is 3.05. The molecule has 3 rings (SSSR count). The number of benzene rings is 1. The number of hydrogen-bond donors (Lipinski definition) is 2. The van der Waals surface area contributed by atoms with Gasteiger partial charge in [-0.3, -0.25) is 4.79 Å². The first kappa shape index (κ1) is 16.5. The fraction of sp³-hybridized carbons (Fsp3) is 0.294. The molecule has 0 spiro atoms. The van der Waals surface area contributed by atoms with Gasteiger partial charge in [-0.15, -0.1) is 11.3 Å². The Balaban J connectivity index is 1.62. The zero-order chi connectivity index (χ0) is 16.8. The fourth-order valence-electron chi connectivity index (χ4n) is 2.43. The highest BCUT2D eigenvalue weighted by Crippen LogP contribution is 2.18. The van der Waals surface area contributed by atoms with E-state index in [2.05, 4.69) is 10.6 Å². The molecule has 0 aliphatic carbocycles. The van der Waals surface area contributed by atoms with Gasteiger partial charge in [-0.25, -0.2) is 4.79 Å². The number of rotatable bonds is 3. The van der Waals surface area contributed by atoms with Crippen LogP contribution in [-0.2, 0) is 4.74 Å². The van der Waals surface area contributed by atoms with Crippen molar-refractivity contribution in [2.75, 3.05) is 36.9 Å². The van der Waals surface area contributed by atoms with Crippen LogP contribution in [0.4, 0.5) is 16.2 Å². The quantitative estimate of drug-likeness (QED) is 0.897. The highest BCUT2D eigenvalue weighted by Gasteiger charge is 2.16. The molecule has 1 aliphatic rings. The number of amides is 3. The average Bonchev–Trinajstić information content (AvgIpc) is 2.98. The number of anilines is 2. The summed E-state index contributed by atoms with van der Waals surface area (Å²) in [6.07, 6.45) is 0.838. The Morgan fingerprint density at radius 2 is 1.88 bits per heavy atom. The van der Waals surface area contributed by atoms with Crippen LogP contribution in [-0.4, -0.2) is 43.1 Å². The Kier molecular flexibility index (Phi) is 5.45. The molecule has 3 amide bonds. The van der Waals surface area contributed by atoms with E-state index >= 15 is 0 Å². The third kappa shape index (κ3) is 4.33. The minimum Gasteiger partial charge on any atom is -0.380 e. The normalized spacial score (nSPS) is 14.8. The summed E-state index contributed by atoms with van der Waals surface area (Å²) in [6, 6.07) is 10.6. The van der Waals surface area contributed by atoms with E-state index < -0.39 is 0 Å². The zero-order valence-corrected chi connectivity index (χ0v) is 14.0. The lowest BCUT2D eigenvalue weighted by atomic mass is 10.2. The SMILES string of the molecule is O=C(Nc1cccc(NC(=O)N2CCCOCC2)c1)c1cccs1. The Morgan fingerprint density at radius 3 is 2.67 bits per heavy atom. The van der Waals surface area contributed by atoms with Gasteiger partial charge in [0.1, 0.15) is 0 Å². The summed E-state index contributed by atoms with van der Waals surface area (Å²) in [5.74, 6) is -0.154. The van der Waals surface area contributed by atoms with Crippen LogP contribution >= 0.6 is 11.3 Å². The van der Waals surface area contributed by atoms with Crippen LogP contribution in [0.3, 0.4) is 0 Å². The van der Waals surface area contributed by atoms with Crippen LogP contribution < -0.4 is 10.6 Å². The molecule has 24 heavy (non-hydrogen) atoms. The second kappa shape index (κ2) is 7.94. The molecule has 0 saturated carbocycles. The van der Waals surface area contributed by atoms with Crippen LogP contribution in [0.5, 0.6) is 0 Å². The maximum Gasteiger partial charge on any atom is 0.321 e. The first-order chi connectivity index (χ1) is 11.7. The first-order valence-electron chi connectivity index (χ1n) is 7.81. The van der Waals surface area contributed by atoms with E-state index in [9.17, 15) is 9.59 Å². The third-order valence-corrected chi connectivity index (χ3v) is 4.49. The molecule has 1 fully saturated rings. The molecule has 2 heterocycles. The second-order valence-electron chi connectivity index (χ2n) is 5.40. The summed E-state index contributed by atoms with van der Waals surface area (Å²) < 4.78 is 5.36. The van der Waals surface area contributed by atoms with Crippen molar-refractivity contribution in [2.45, 2.75) is 6.42 Å². The summed E-state index contributed by atoms with van der Waals surface area (Å²) in [6.45, 7) is 2.51. The number of urea groups is 1. The van der Waals surface area contributed by atoms with Crippen molar-refractivity contribution in [2.24, 2.45) is 0 Å². The van der Waals surface area contributed by atoms with E-state index in [4.69, 9.17) is 4.74 Å². The number of carbonyl (C=O) groups excluding carboxylic acids is 2. The van der Waals surface area contributed by atoms with Crippen LogP contribution in [0, 0.1) is 0 Å². The summed E-state index contributed by atoms with van der Waals surface area (Å²) in [7, 11) is 0. The summed E-state index contributed by atoms with van der Waals surface area (Å²) in [4.78, 5) is 26.8. The van der Waals surface area contributed by atoms with Gasteiger partial charge in [0.15, 0.2) is 0 Å². The van der Waals surface area contributed by atoms with Crippen LogP contribution in [0.25, 0.3) is 0 Å². The molecule has 1 aliphatic heterocycles. The largest absolute Gasteiger partial charge is 0.380 e. The predicted octanol–water partition coefficient (Wildman–Crippen LogP) is 3.25. The van der Waals surface area contributed by atoms with Gasteiger partial charge in [0.25, 0.3) is 5.91 Å². The molecular formula is C17H19N3O3S. The lowest BCUT2D eigenvalue weighted by Gasteiger charge is -2.20. The molecule has 1 aromatic carbocycles. The molecule has 0 bridgehead atoms. The Hall–Kier alpha value is -2.38. The summed E-state index contributed by atoms with van der Waals surface area (Å²) in [5.41, 5.74) is 1.29. The molecule has 0 atom stereocenters. The minimum absolute atomic E-state index is 0.151. The van der Waals surface area contributed by atoms with Crippen LogP contribution in [0.1, 0.15) is 16.1 Å². The lowest BCUT2D eigenvalue weighted by molar-refractivity contribution is 0.103. The van der Waals surface area contributed by atoms with E-state index in [-0.39, 0.29) is 11.9 Å². The van der Waals surface area contributed by atoms with Gasteiger partial charge < -0.3 is 20.3 Å². The number of carbonyl (C=O) groups is 2. The standard InChI is InChI=1S/C17H19N3O3S/c21-16(15-6-2-11-24-15)18-13-4-1-5-14(12-13)19-17(22)20-7-3-9-23-10-8-20/h1-2,4-6,11-12H,3,7-10H2,(H,18,21)(H,19,22). The number of nitrogens with zero attached hydrogens (tertiary/aromatic N) is 1. The summed E-state index contributed by atoms with van der Waals surface area (Å²) >= 11 is 1.39. The molecule has 7 heteroatoms. The van der Waals surface area contributed by atoms with E-state index in [1.165, 1.54) is 11.3 Å². The van der Waals surface area contributed by atoms with Gasteiger partial charge in [0.2, 0.25) is 0 Å². The molecule has 0 radical (unpaired) electrons. The van der Waals surface area contributed by atoms with Gasteiger partial charge in [0.05, 0.1) is 11.5 Å². The highest BCUT2D eigenvalue weighted by atomic mass is 32.1. The van der Waals surface area contributed by atoms with E-state index in [1.54, 1.807) is 35.2 Å². The monoisotopic (exact) mass is 345 g/mol. The topological polar surface area (TPSA) is 70.7 Å². The molecule has 2 aromatic rings. The van der Waals surface area contributed by atoms with Crippen molar-refractivity contribution < 1.29 is 14.3 Å². The molecule has 0 unspecified atom stereocenters. The smallest absolute Gasteiger partial charge is 0.321 e. The number of ether oxygens (including phenoxy) is 1. The van der Waals surface area contributed by atoms with E-state index in [1.807, 2.05) is 11.4 Å². The minimum atomic E-state index is -0.154. The number of hydrogen-bond acceptors (Lipinski definition) is 4. The molecule has 1 aromatic heterocycles. The van der Waals surface area contributed by atoms with Crippen molar-refractivity contribution in [1.29, 1.82) is 0 Å². The zero-order valence-electron chi connectivity index (χ0n) is 13.2. The number of nitrogens with one attached hydrogen (secondary N) is 2. The highest BCUT2D eigenvalue weighted by molar-refractivity contribution is 7.12. The van der Waals surface area contributed by atoms with Crippen molar-refractivity contribution in [3.8, 4) is 0 Å². The maximum absolute atomic E-state index is 12.3. The predicted molar refractivity (Wildman–Crippen MR) is 94.7 cm³/mol. The molecule has 6 nitrogen and oxygen atoms in total. The maximum atomic E-state index is 12.3. The van der Waals surface area contributed by atoms with Crippen molar-refractivity contribution in [3.05, 3.63) is 46.7 Å². The summed E-state index contributed by atoms with van der Waals surface area (Å²) in [5, 5.41) is 7.56. The first-order valence-corrected chi connectivity index (χ1v) is 8.69. The molecule has 126 valence electrons. The Labute approximate surface area is 144 Å². The van der Waals surface area contributed by atoms with Crippen LogP contribution in [0.2, 0.25) is 0 Å². The van der Waals surface area contributed by atoms with Crippen molar-refractivity contribution in [3.63, 3.8) is 0 Å². The van der Waals surface area contributed by atoms with E-state index in [0.717, 1.165) is 6.42 Å². The third-order valence-electron chi connectivity index (χ3n) is 3.63. The van der Waals surface area contributed by atoms with E-state index in [0.29, 0.717) is 42.6 Å². The average molecular weight is 345 g/mol. The van der Waals surface area contributed by atoms with Gasteiger partial charge in [-0.05, 0) is 36.1 Å². The number of thiophene rings is 1. The Bertz CT molecular complexity index is 695. The van der Waals surface area contributed by atoms with Gasteiger partial charge in [-0.1, -0.05) is 12.1 Å². The van der Waals surface area contributed by atoms with Crippen molar-refractivity contribution >= 4 is 34.6 Å². The van der Waals surface area contributed by atoms with Gasteiger partial charge >= 0.3 is 6.03 Å². The van der Waals surface area contributed by atoms with Crippen LogP contribution in [0.15, 0.2) is 41.8 Å². The molecule has 2 N–H and O–H groups in total. The van der Waals surface area contributed by atoms with Crippen molar-refractivity contribution in [1.82, 2.24) is 4.90 Å². The second-order valence-corrected chi connectivity index (χ2v) is 6.34. The Morgan fingerprint density at radius 1 is 1.04 bits per heavy atom. The van der Waals surface area contributed by atoms with Gasteiger partial charge in [0, 0.05) is 31.1 Å². The molecular weight excluding hydrogens is 326 g/mol. The lowest BCUT2D eigenvalue weighted by Crippen LogP contribution is -2.36. The molecule has 1 saturated heterocycles.